The number of benzene rings is 3. The second-order valence-electron chi connectivity index (χ2n) is 5.97. The first kappa shape index (κ1) is 19.1. The Morgan fingerprint density at radius 3 is 2.45 bits per heavy atom. The summed E-state index contributed by atoms with van der Waals surface area (Å²) in [4.78, 5) is 20.0. The summed E-state index contributed by atoms with van der Waals surface area (Å²) in [6, 6.07) is 21.7. The molecule has 0 radical (unpaired) electrons. The quantitative estimate of drug-likeness (QED) is 0.128. The maximum Gasteiger partial charge on any atom is 0.269 e. The molecule has 0 saturated heterocycles. The van der Waals surface area contributed by atoms with E-state index in [1.807, 2.05) is 48.5 Å². The first-order valence-corrected chi connectivity index (χ1v) is 10.3. The van der Waals surface area contributed by atoms with Crippen LogP contribution in [0.15, 0.2) is 82.1 Å². The highest BCUT2D eigenvalue weighted by atomic mass is 32.2. The zero-order valence-electron chi connectivity index (χ0n) is 15.3. The molecule has 4 aromatic rings. The Morgan fingerprint density at radius 2 is 1.79 bits per heavy atom. The molecule has 0 aliphatic rings. The highest BCUT2D eigenvalue weighted by molar-refractivity contribution is 8.15. The molecule has 4 rings (SSSR count). The van der Waals surface area contributed by atoms with Gasteiger partial charge in [-0.3, -0.25) is 10.1 Å². The molecule has 0 saturated carbocycles. The van der Waals surface area contributed by atoms with E-state index in [2.05, 4.69) is 4.98 Å². The van der Waals surface area contributed by atoms with Gasteiger partial charge in [-0.1, -0.05) is 12.1 Å². The van der Waals surface area contributed by atoms with Crippen LogP contribution in [0, 0.1) is 10.1 Å². The predicted octanol–water partition coefficient (Wildman–Crippen LogP) is 6.08. The summed E-state index contributed by atoms with van der Waals surface area (Å²) in [5.41, 5.74) is 2.53. The number of hydrogen-bond acceptors (Lipinski definition) is 7. The van der Waals surface area contributed by atoms with Crippen LogP contribution in [0.4, 0.5) is 11.4 Å². The lowest BCUT2D eigenvalue weighted by Crippen LogP contribution is -1.96. The minimum Gasteiger partial charge on any atom is -0.497 e. The Morgan fingerprint density at radius 1 is 1.07 bits per heavy atom. The molecule has 0 bridgehead atoms. The standard InChI is InChI=1S/C21H15N3O3S2/c1-27-17-12-8-15(9-13-17)22-20(14-6-10-16(11-7-14)24(25)26)29-21-23-18-4-2-3-5-19(18)28-21/h2-13H,1H3. The van der Waals surface area contributed by atoms with Gasteiger partial charge in [-0.2, -0.15) is 0 Å². The van der Waals surface area contributed by atoms with Crippen molar-refractivity contribution in [1.82, 2.24) is 4.98 Å². The molecule has 3 aromatic carbocycles. The smallest absolute Gasteiger partial charge is 0.269 e. The van der Waals surface area contributed by atoms with Crippen LogP contribution >= 0.6 is 23.1 Å². The molecular weight excluding hydrogens is 406 g/mol. The zero-order valence-corrected chi connectivity index (χ0v) is 16.9. The first-order valence-electron chi connectivity index (χ1n) is 8.63. The van der Waals surface area contributed by atoms with Crippen molar-refractivity contribution in [2.24, 2.45) is 4.99 Å². The molecule has 0 atom stereocenters. The molecule has 0 fully saturated rings. The number of nitro benzene ring substituents is 1. The number of thioether (sulfide) groups is 1. The van der Waals surface area contributed by atoms with Gasteiger partial charge >= 0.3 is 0 Å². The van der Waals surface area contributed by atoms with Crippen molar-refractivity contribution in [2.75, 3.05) is 7.11 Å². The number of para-hydroxylation sites is 1. The third-order valence-electron chi connectivity index (χ3n) is 4.09. The van der Waals surface area contributed by atoms with Gasteiger partial charge in [0, 0.05) is 17.7 Å². The lowest BCUT2D eigenvalue weighted by atomic mass is 10.2. The Balaban J connectivity index is 1.72. The lowest BCUT2D eigenvalue weighted by Gasteiger charge is -2.06. The number of methoxy groups -OCH3 is 1. The molecule has 29 heavy (non-hydrogen) atoms. The number of fused-ring (bicyclic) bond motifs is 1. The number of nitro groups is 1. The van der Waals surface area contributed by atoms with Gasteiger partial charge < -0.3 is 4.74 Å². The van der Waals surface area contributed by atoms with Crippen molar-refractivity contribution in [1.29, 1.82) is 0 Å². The van der Waals surface area contributed by atoms with Crippen LogP contribution in [0.5, 0.6) is 5.75 Å². The molecule has 1 heterocycles. The highest BCUT2D eigenvalue weighted by Crippen LogP contribution is 2.33. The van der Waals surface area contributed by atoms with Crippen LogP contribution in [0.25, 0.3) is 10.2 Å². The van der Waals surface area contributed by atoms with E-state index >= 15 is 0 Å². The van der Waals surface area contributed by atoms with Crippen LogP contribution in [0.1, 0.15) is 5.56 Å². The Labute approximate surface area is 175 Å². The second-order valence-corrected chi connectivity index (χ2v) is 8.24. The van der Waals surface area contributed by atoms with Crippen molar-refractivity contribution in [2.45, 2.75) is 4.34 Å². The maximum atomic E-state index is 11.0. The van der Waals surface area contributed by atoms with Crippen LogP contribution in [0.2, 0.25) is 0 Å². The fourth-order valence-corrected chi connectivity index (χ4v) is 4.71. The third-order valence-corrected chi connectivity index (χ3v) is 6.20. The van der Waals surface area contributed by atoms with Gasteiger partial charge in [-0.05, 0) is 60.3 Å². The Hall–Kier alpha value is -3.23. The number of aromatic nitrogens is 1. The summed E-state index contributed by atoms with van der Waals surface area (Å²) >= 11 is 3.03. The fraction of sp³-hybridized carbons (Fsp3) is 0.0476. The van der Waals surface area contributed by atoms with Gasteiger partial charge in [0.25, 0.3) is 5.69 Å². The van der Waals surface area contributed by atoms with Crippen molar-refractivity contribution in [3.63, 3.8) is 0 Å². The third kappa shape index (κ3) is 4.44. The Kier molecular flexibility index (Phi) is 5.55. The van der Waals surface area contributed by atoms with Crippen LogP contribution in [-0.2, 0) is 0 Å². The van der Waals surface area contributed by atoms with E-state index in [-0.39, 0.29) is 5.69 Å². The van der Waals surface area contributed by atoms with Crippen LogP contribution in [-0.4, -0.2) is 22.1 Å². The van der Waals surface area contributed by atoms with Crippen LogP contribution in [0.3, 0.4) is 0 Å². The van der Waals surface area contributed by atoms with E-state index in [9.17, 15) is 10.1 Å². The minimum atomic E-state index is -0.412. The minimum absolute atomic E-state index is 0.0440. The zero-order chi connectivity index (χ0) is 20.2. The summed E-state index contributed by atoms with van der Waals surface area (Å²) in [7, 11) is 1.61. The Bertz CT molecular complexity index is 1150. The summed E-state index contributed by atoms with van der Waals surface area (Å²) in [6.45, 7) is 0. The van der Waals surface area contributed by atoms with Crippen molar-refractivity contribution in [3.05, 3.63) is 88.5 Å². The van der Waals surface area contributed by atoms with E-state index in [1.165, 1.54) is 23.9 Å². The number of thiazole rings is 1. The van der Waals surface area contributed by atoms with Gasteiger partial charge in [0.15, 0.2) is 4.34 Å². The topological polar surface area (TPSA) is 77.6 Å². The number of ether oxygens (including phenoxy) is 1. The van der Waals surface area contributed by atoms with Gasteiger partial charge in [-0.25, -0.2) is 9.98 Å². The normalized spacial score (nSPS) is 11.6. The number of nitrogens with zero attached hydrogens (tertiary/aromatic N) is 3. The van der Waals surface area contributed by atoms with E-state index in [0.29, 0.717) is 5.04 Å². The average Bonchev–Trinajstić information content (AvgIpc) is 3.16. The molecule has 0 amide bonds. The summed E-state index contributed by atoms with van der Waals surface area (Å²) in [5.74, 6) is 0.750. The number of non-ortho nitro benzene ring substituents is 1. The maximum absolute atomic E-state index is 11.0. The summed E-state index contributed by atoms with van der Waals surface area (Å²) in [5, 5.41) is 11.7. The fourth-order valence-electron chi connectivity index (χ4n) is 2.62. The van der Waals surface area contributed by atoms with Gasteiger partial charge in [0.05, 0.1) is 27.9 Å². The largest absolute Gasteiger partial charge is 0.497 e. The molecular formula is C21H15N3O3S2. The molecule has 6 nitrogen and oxygen atoms in total. The van der Waals surface area contributed by atoms with E-state index in [0.717, 1.165) is 31.6 Å². The van der Waals surface area contributed by atoms with Gasteiger partial charge in [-0.15, -0.1) is 11.3 Å². The molecule has 1 aromatic heterocycles. The van der Waals surface area contributed by atoms with Crippen molar-refractivity contribution >= 4 is 49.7 Å². The van der Waals surface area contributed by atoms with Crippen LogP contribution < -0.4 is 4.74 Å². The molecule has 0 spiro atoms. The SMILES string of the molecule is COc1ccc(N=C(Sc2nc3ccccc3s2)c2ccc([N+](=O)[O-])cc2)cc1. The summed E-state index contributed by atoms with van der Waals surface area (Å²) in [6.07, 6.45) is 0. The highest BCUT2D eigenvalue weighted by Gasteiger charge is 2.13. The van der Waals surface area contributed by atoms with Crippen molar-refractivity contribution < 1.29 is 9.66 Å². The molecule has 0 aliphatic carbocycles. The molecule has 0 N–H and O–H groups in total. The van der Waals surface area contributed by atoms with E-state index in [1.54, 1.807) is 30.6 Å². The molecule has 8 heteroatoms. The van der Waals surface area contributed by atoms with Gasteiger partial charge in [0.1, 0.15) is 10.8 Å². The predicted molar refractivity (Wildman–Crippen MR) is 118 cm³/mol. The molecule has 0 unspecified atom stereocenters. The lowest BCUT2D eigenvalue weighted by molar-refractivity contribution is -0.384. The van der Waals surface area contributed by atoms with Gasteiger partial charge in [0.2, 0.25) is 0 Å². The molecule has 144 valence electrons. The second kappa shape index (κ2) is 8.42. The number of hydrogen-bond donors (Lipinski definition) is 0. The van der Waals surface area contributed by atoms with Crippen molar-refractivity contribution in [3.8, 4) is 5.75 Å². The molecule has 0 aliphatic heterocycles. The number of rotatable bonds is 5. The van der Waals surface area contributed by atoms with E-state index in [4.69, 9.17) is 9.73 Å². The summed E-state index contributed by atoms with van der Waals surface area (Å²) < 4.78 is 7.16. The monoisotopic (exact) mass is 421 g/mol. The van der Waals surface area contributed by atoms with E-state index < -0.39 is 4.92 Å². The average molecular weight is 422 g/mol. The first-order chi connectivity index (χ1) is 14.1. The number of aliphatic imine (C=N–C) groups is 1.